The number of hydrogen-bond acceptors (Lipinski definition) is 7. The predicted octanol–water partition coefficient (Wildman–Crippen LogP) is 0.852. The first-order chi connectivity index (χ1) is 9.74. The van der Waals surface area contributed by atoms with Crippen molar-refractivity contribution >= 4 is 28.6 Å². The summed E-state index contributed by atoms with van der Waals surface area (Å²) in [6.07, 6.45) is 1.45. The monoisotopic (exact) mass is 288 g/mol. The lowest BCUT2D eigenvalue weighted by molar-refractivity contribution is -0.138. The molecule has 1 N–H and O–H groups in total. The smallest absolute Gasteiger partial charge is 0.325 e. The van der Waals surface area contributed by atoms with Gasteiger partial charge in [0.25, 0.3) is 0 Å². The zero-order chi connectivity index (χ0) is 13.9. The van der Waals surface area contributed by atoms with Crippen LogP contribution in [-0.4, -0.2) is 41.3 Å². The maximum Gasteiger partial charge on any atom is 0.325 e. The summed E-state index contributed by atoms with van der Waals surface area (Å²) in [6, 6.07) is 7.54. The molecular weight excluding hydrogens is 280 g/mol. The normalized spacial score (nSPS) is 10.8. The lowest BCUT2D eigenvalue weighted by Gasteiger charge is -2.03. The lowest BCUT2D eigenvalue weighted by atomic mass is 10.2. The van der Waals surface area contributed by atoms with Gasteiger partial charge in [0.1, 0.15) is 17.9 Å². The second-order valence-electron chi connectivity index (χ2n) is 3.81. The molecule has 0 aliphatic heterocycles. The van der Waals surface area contributed by atoms with Crippen LogP contribution in [0.4, 0.5) is 0 Å². The van der Waals surface area contributed by atoms with E-state index in [0.29, 0.717) is 10.2 Å². The molecule has 1 aromatic carbocycles. The van der Waals surface area contributed by atoms with Gasteiger partial charge in [0.05, 0.1) is 5.52 Å². The Balaban J connectivity index is 1.98. The molecule has 0 aliphatic carbocycles. The number of fused-ring (bicyclic) bond motifs is 1. The van der Waals surface area contributed by atoms with Crippen molar-refractivity contribution in [2.45, 2.75) is 16.7 Å². The van der Waals surface area contributed by atoms with Crippen LogP contribution in [0.2, 0.25) is 0 Å². The van der Waals surface area contributed by atoms with Crippen molar-refractivity contribution < 1.29 is 9.90 Å². The molecule has 3 rings (SSSR count). The van der Waals surface area contributed by atoms with Crippen LogP contribution in [0.3, 0.4) is 0 Å². The maximum absolute atomic E-state index is 10.7. The van der Waals surface area contributed by atoms with E-state index in [-0.39, 0.29) is 6.54 Å². The van der Waals surface area contributed by atoms with E-state index >= 15 is 0 Å². The van der Waals surface area contributed by atoms with Gasteiger partial charge in [0.2, 0.25) is 5.16 Å². The molecule has 0 spiro atoms. The number of aliphatic carboxylic acids is 1. The highest BCUT2D eigenvalue weighted by molar-refractivity contribution is 7.99. The molecule has 0 bridgehead atoms. The van der Waals surface area contributed by atoms with E-state index in [9.17, 15) is 4.79 Å². The van der Waals surface area contributed by atoms with E-state index in [1.807, 2.05) is 24.3 Å². The van der Waals surface area contributed by atoms with Crippen LogP contribution in [0.15, 0.2) is 40.8 Å². The van der Waals surface area contributed by atoms with Gasteiger partial charge >= 0.3 is 5.97 Å². The van der Waals surface area contributed by atoms with Crippen LogP contribution in [0.5, 0.6) is 0 Å². The third-order valence-corrected chi connectivity index (χ3v) is 3.47. The topological polar surface area (TPSA) is 107 Å². The molecule has 9 heteroatoms. The molecule has 2 aromatic heterocycles. The Morgan fingerprint density at radius 1 is 1.30 bits per heavy atom. The molecule has 0 atom stereocenters. The molecule has 0 saturated heterocycles. The highest BCUT2D eigenvalue weighted by Crippen LogP contribution is 2.28. The fourth-order valence-electron chi connectivity index (χ4n) is 1.64. The number of carboxylic acid groups (broad SMARTS) is 1. The first-order valence-corrected chi connectivity index (χ1v) is 6.41. The van der Waals surface area contributed by atoms with Crippen LogP contribution in [0.1, 0.15) is 0 Å². The molecule has 0 saturated carbocycles. The highest BCUT2D eigenvalue weighted by atomic mass is 32.2. The third kappa shape index (κ3) is 2.43. The maximum atomic E-state index is 10.7. The Labute approximate surface area is 116 Å². The number of benzene rings is 1. The number of para-hydroxylation sites is 1. The summed E-state index contributed by atoms with van der Waals surface area (Å²) in [5.41, 5.74) is 0.808. The number of carbonyl (C=O) groups is 1. The molecule has 2 heterocycles. The zero-order valence-electron chi connectivity index (χ0n) is 10.0. The van der Waals surface area contributed by atoms with E-state index in [4.69, 9.17) is 5.11 Å². The van der Waals surface area contributed by atoms with Gasteiger partial charge in [-0.2, -0.15) is 0 Å². The summed E-state index contributed by atoms with van der Waals surface area (Å²) in [6.45, 7) is -0.293. The first-order valence-electron chi connectivity index (χ1n) is 5.59. The molecule has 8 nitrogen and oxygen atoms in total. The van der Waals surface area contributed by atoms with Crippen molar-refractivity contribution in [1.82, 2.24) is 30.2 Å². The first kappa shape index (κ1) is 12.5. The molecule has 20 heavy (non-hydrogen) atoms. The molecule has 3 aromatic rings. The second-order valence-corrected chi connectivity index (χ2v) is 4.77. The summed E-state index contributed by atoms with van der Waals surface area (Å²) in [5, 5.41) is 21.7. The Hall–Kier alpha value is -2.55. The van der Waals surface area contributed by atoms with Gasteiger partial charge in [-0.05, 0) is 28.3 Å². The average molecular weight is 288 g/mol. The van der Waals surface area contributed by atoms with Crippen molar-refractivity contribution in [2.75, 3.05) is 0 Å². The largest absolute Gasteiger partial charge is 0.480 e. The highest BCUT2D eigenvalue weighted by Gasteiger charge is 2.13. The van der Waals surface area contributed by atoms with Crippen molar-refractivity contribution in [3.05, 3.63) is 30.6 Å². The molecule has 100 valence electrons. The summed E-state index contributed by atoms with van der Waals surface area (Å²) < 4.78 is 1.21. The average Bonchev–Trinajstić information content (AvgIpc) is 2.86. The molecule has 0 fully saturated rings. The number of nitrogens with zero attached hydrogens (tertiary/aromatic N) is 6. The van der Waals surface area contributed by atoms with Crippen molar-refractivity contribution in [3.8, 4) is 0 Å². The number of tetrazole rings is 1. The quantitative estimate of drug-likeness (QED) is 0.704. The van der Waals surface area contributed by atoms with Crippen LogP contribution < -0.4 is 0 Å². The van der Waals surface area contributed by atoms with Gasteiger partial charge in [-0.3, -0.25) is 4.79 Å². The second kappa shape index (κ2) is 5.21. The molecule has 0 radical (unpaired) electrons. The molecule has 0 amide bonds. The van der Waals surface area contributed by atoms with Gasteiger partial charge in [0.15, 0.2) is 0 Å². The van der Waals surface area contributed by atoms with Crippen molar-refractivity contribution in [3.63, 3.8) is 0 Å². The standard InChI is InChI=1S/C11H8N6O2S/c18-9(19)5-17-11(14-15-16-17)20-10-7-3-1-2-4-8(7)12-6-13-10/h1-4,6H,5H2,(H,18,19). The number of aromatic nitrogens is 6. The van der Waals surface area contributed by atoms with Gasteiger partial charge in [-0.25, -0.2) is 14.6 Å². The number of rotatable bonds is 4. The summed E-state index contributed by atoms with van der Waals surface area (Å²) in [5.74, 6) is -1.01. The lowest BCUT2D eigenvalue weighted by Crippen LogP contribution is -2.11. The SMILES string of the molecule is O=C(O)Cn1nnnc1Sc1ncnc2ccccc12. The summed E-state index contributed by atoms with van der Waals surface area (Å²) in [4.78, 5) is 19.1. The van der Waals surface area contributed by atoms with E-state index in [2.05, 4.69) is 25.5 Å². The Bertz CT molecular complexity index is 769. The van der Waals surface area contributed by atoms with Crippen molar-refractivity contribution in [1.29, 1.82) is 0 Å². The van der Waals surface area contributed by atoms with Gasteiger partial charge in [-0.1, -0.05) is 18.2 Å². The van der Waals surface area contributed by atoms with Crippen LogP contribution >= 0.6 is 11.8 Å². The van der Waals surface area contributed by atoms with Gasteiger partial charge in [-0.15, -0.1) is 5.10 Å². The number of carboxylic acids is 1. The van der Waals surface area contributed by atoms with Gasteiger partial charge < -0.3 is 5.11 Å². The molecule has 0 unspecified atom stereocenters. The fraction of sp³-hybridized carbons (Fsp3) is 0.0909. The minimum atomic E-state index is -1.01. The fourth-order valence-corrected chi connectivity index (χ4v) is 2.48. The van der Waals surface area contributed by atoms with E-state index < -0.39 is 5.97 Å². The van der Waals surface area contributed by atoms with Gasteiger partial charge in [0, 0.05) is 5.39 Å². The summed E-state index contributed by atoms with van der Waals surface area (Å²) >= 11 is 1.20. The zero-order valence-corrected chi connectivity index (χ0v) is 10.9. The van der Waals surface area contributed by atoms with E-state index in [0.717, 1.165) is 10.9 Å². The Morgan fingerprint density at radius 2 is 2.15 bits per heavy atom. The van der Waals surface area contributed by atoms with E-state index in [1.165, 1.54) is 22.8 Å². The Kier molecular flexibility index (Phi) is 3.25. The Morgan fingerprint density at radius 3 is 3.00 bits per heavy atom. The third-order valence-electron chi connectivity index (χ3n) is 2.48. The molecular formula is C11H8N6O2S. The van der Waals surface area contributed by atoms with Crippen LogP contribution in [0, 0.1) is 0 Å². The summed E-state index contributed by atoms with van der Waals surface area (Å²) in [7, 11) is 0. The van der Waals surface area contributed by atoms with Crippen LogP contribution in [-0.2, 0) is 11.3 Å². The van der Waals surface area contributed by atoms with E-state index in [1.54, 1.807) is 0 Å². The number of hydrogen-bond donors (Lipinski definition) is 1. The van der Waals surface area contributed by atoms with Crippen molar-refractivity contribution in [2.24, 2.45) is 0 Å². The molecule has 0 aliphatic rings. The predicted molar refractivity (Wildman–Crippen MR) is 69.1 cm³/mol. The van der Waals surface area contributed by atoms with Crippen LogP contribution in [0.25, 0.3) is 10.9 Å². The minimum absolute atomic E-state index is 0.293. The minimum Gasteiger partial charge on any atom is -0.480 e.